The van der Waals surface area contributed by atoms with Crippen molar-refractivity contribution >= 4 is 11.9 Å². The molecule has 1 aliphatic rings. The van der Waals surface area contributed by atoms with Crippen molar-refractivity contribution in [2.45, 2.75) is 32.7 Å². The first-order chi connectivity index (χ1) is 9.95. The number of carbonyl (C=O) groups excluding carboxylic acids is 1. The number of carboxylic acids is 1. The number of amides is 1. The highest BCUT2D eigenvalue weighted by Crippen LogP contribution is 2.34. The summed E-state index contributed by atoms with van der Waals surface area (Å²) >= 11 is 0. The number of hydrogen-bond donors (Lipinski definition) is 4. The average Bonchev–Trinajstić information content (AvgIpc) is 3.09. The van der Waals surface area contributed by atoms with Crippen molar-refractivity contribution < 1.29 is 14.7 Å². The molecule has 7 heteroatoms. The van der Waals surface area contributed by atoms with Crippen molar-refractivity contribution in [3.63, 3.8) is 0 Å². The Morgan fingerprint density at radius 3 is 2.76 bits per heavy atom. The van der Waals surface area contributed by atoms with E-state index in [1.54, 1.807) is 6.20 Å². The number of nitrogens with one attached hydrogen (secondary N) is 3. The summed E-state index contributed by atoms with van der Waals surface area (Å²) in [5.74, 6) is -1.08. The summed E-state index contributed by atoms with van der Waals surface area (Å²) in [7, 11) is 0. The number of carbonyl (C=O) groups is 2. The fourth-order valence-electron chi connectivity index (χ4n) is 2.78. The smallest absolute Gasteiger partial charge is 0.326 e. The number of aromatic nitrogens is 2. The molecule has 2 heterocycles. The molecule has 1 aromatic heterocycles. The number of hydrogen-bond acceptors (Lipinski definition) is 4. The van der Waals surface area contributed by atoms with E-state index < -0.39 is 17.4 Å². The van der Waals surface area contributed by atoms with Gasteiger partial charge >= 0.3 is 5.97 Å². The van der Waals surface area contributed by atoms with Crippen LogP contribution in [0.3, 0.4) is 0 Å². The first-order valence-electron chi connectivity index (χ1n) is 7.17. The molecular weight excluding hydrogens is 272 g/mol. The van der Waals surface area contributed by atoms with Crippen molar-refractivity contribution in [1.29, 1.82) is 0 Å². The molecule has 21 heavy (non-hydrogen) atoms. The highest BCUT2D eigenvalue weighted by Gasteiger charge is 2.44. The Hall–Kier alpha value is -1.89. The van der Waals surface area contributed by atoms with Crippen LogP contribution in [0.1, 0.15) is 26.0 Å². The molecule has 0 spiro atoms. The highest BCUT2D eigenvalue weighted by molar-refractivity contribution is 5.88. The van der Waals surface area contributed by atoms with Crippen molar-refractivity contribution in [3.8, 4) is 0 Å². The number of H-pyrrole nitrogens is 1. The molecule has 1 unspecified atom stereocenters. The third-order valence-corrected chi connectivity index (χ3v) is 4.33. The summed E-state index contributed by atoms with van der Waals surface area (Å²) in [5, 5.41) is 15.2. The fraction of sp³-hybridized carbons (Fsp3) is 0.643. The first kappa shape index (κ1) is 15.5. The van der Waals surface area contributed by atoms with Gasteiger partial charge in [0.1, 0.15) is 6.04 Å². The summed E-state index contributed by atoms with van der Waals surface area (Å²) < 4.78 is 0. The zero-order chi connectivity index (χ0) is 15.5. The van der Waals surface area contributed by atoms with Gasteiger partial charge in [-0.25, -0.2) is 9.78 Å². The molecular formula is C14H22N4O3. The van der Waals surface area contributed by atoms with Gasteiger partial charge in [0.2, 0.25) is 5.91 Å². The molecule has 7 nitrogen and oxygen atoms in total. The normalized spacial score (nSPS) is 23.2. The number of aliphatic carboxylic acids is 1. The largest absolute Gasteiger partial charge is 0.480 e. The first-order valence-corrected chi connectivity index (χ1v) is 7.17. The Morgan fingerprint density at radius 2 is 2.29 bits per heavy atom. The highest BCUT2D eigenvalue weighted by atomic mass is 16.4. The van der Waals surface area contributed by atoms with Crippen LogP contribution in [-0.2, 0) is 16.0 Å². The molecule has 1 aromatic rings. The molecule has 0 aliphatic carbocycles. The van der Waals surface area contributed by atoms with Crippen LogP contribution >= 0.6 is 0 Å². The van der Waals surface area contributed by atoms with Gasteiger partial charge in [-0.2, -0.15) is 0 Å². The summed E-state index contributed by atoms with van der Waals surface area (Å²) in [4.78, 5) is 30.7. The molecule has 0 bridgehead atoms. The van der Waals surface area contributed by atoms with Crippen LogP contribution in [0.2, 0.25) is 0 Å². The number of carboxylic acid groups (broad SMARTS) is 1. The minimum absolute atomic E-state index is 0.147. The zero-order valence-electron chi connectivity index (χ0n) is 12.3. The second-order valence-electron chi connectivity index (χ2n) is 5.88. The Kier molecular flexibility index (Phi) is 4.62. The van der Waals surface area contributed by atoms with Crippen LogP contribution < -0.4 is 10.6 Å². The number of nitrogens with zero attached hydrogens (tertiary/aromatic N) is 1. The van der Waals surface area contributed by atoms with Gasteiger partial charge in [0.25, 0.3) is 0 Å². The topological polar surface area (TPSA) is 107 Å². The number of imidazole rings is 1. The molecule has 4 N–H and O–H groups in total. The van der Waals surface area contributed by atoms with Crippen molar-refractivity contribution in [2.24, 2.45) is 11.3 Å². The Bertz CT molecular complexity index is 492. The summed E-state index contributed by atoms with van der Waals surface area (Å²) in [6.07, 6.45) is 3.99. The summed E-state index contributed by atoms with van der Waals surface area (Å²) in [6, 6.07) is -0.950. The average molecular weight is 294 g/mol. The standard InChI is InChI=1S/C14H22N4O3/c1-9(2)14(3-4-15-7-14)13(21)18-11(12(19)20)5-10-6-16-8-17-10/h6,8-9,11,15H,3-5,7H2,1-2H3,(H,16,17)(H,18,21)(H,19,20)/t11-,14?/m0/s1. The van der Waals surface area contributed by atoms with E-state index in [1.807, 2.05) is 13.8 Å². The maximum Gasteiger partial charge on any atom is 0.326 e. The van der Waals surface area contributed by atoms with Crippen LogP contribution in [-0.4, -0.2) is 46.1 Å². The van der Waals surface area contributed by atoms with Gasteiger partial charge in [-0.15, -0.1) is 0 Å². The SMILES string of the molecule is CC(C)C1(C(=O)N[C@@H](Cc2cnc[nH]2)C(=O)O)CCNC1. The van der Waals surface area contributed by atoms with Crippen LogP contribution in [0.4, 0.5) is 0 Å². The van der Waals surface area contributed by atoms with Gasteiger partial charge in [-0.3, -0.25) is 4.79 Å². The maximum absolute atomic E-state index is 12.6. The number of aromatic amines is 1. The van der Waals surface area contributed by atoms with Crippen LogP contribution in [0.15, 0.2) is 12.5 Å². The molecule has 0 radical (unpaired) electrons. The second kappa shape index (κ2) is 6.26. The van der Waals surface area contributed by atoms with E-state index in [1.165, 1.54) is 6.33 Å². The van der Waals surface area contributed by atoms with E-state index in [4.69, 9.17) is 0 Å². The van der Waals surface area contributed by atoms with Gasteiger partial charge in [0.15, 0.2) is 0 Å². The van der Waals surface area contributed by atoms with E-state index in [0.717, 1.165) is 13.0 Å². The van der Waals surface area contributed by atoms with E-state index in [0.29, 0.717) is 12.2 Å². The third kappa shape index (κ3) is 3.24. The van der Waals surface area contributed by atoms with Crippen molar-refractivity contribution in [1.82, 2.24) is 20.6 Å². The van der Waals surface area contributed by atoms with Crippen molar-refractivity contribution in [3.05, 3.63) is 18.2 Å². The minimum atomic E-state index is -1.04. The summed E-state index contributed by atoms with van der Waals surface area (Å²) in [6.45, 7) is 5.37. The van der Waals surface area contributed by atoms with Gasteiger partial charge in [0.05, 0.1) is 11.7 Å². The van der Waals surface area contributed by atoms with Gasteiger partial charge in [0, 0.05) is 24.9 Å². The lowest BCUT2D eigenvalue weighted by atomic mass is 9.75. The van der Waals surface area contributed by atoms with E-state index >= 15 is 0 Å². The summed E-state index contributed by atoms with van der Waals surface area (Å²) in [5.41, 5.74) is 0.160. The Labute approximate surface area is 123 Å². The van der Waals surface area contributed by atoms with E-state index in [-0.39, 0.29) is 18.2 Å². The lowest BCUT2D eigenvalue weighted by Crippen LogP contribution is -2.52. The predicted molar refractivity (Wildman–Crippen MR) is 76.6 cm³/mol. The molecule has 116 valence electrons. The fourth-order valence-corrected chi connectivity index (χ4v) is 2.78. The maximum atomic E-state index is 12.6. The third-order valence-electron chi connectivity index (χ3n) is 4.33. The van der Waals surface area contributed by atoms with E-state index in [9.17, 15) is 14.7 Å². The Morgan fingerprint density at radius 1 is 1.52 bits per heavy atom. The second-order valence-corrected chi connectivity index (χ2v) is 5.88. The molecule has 1 fully saturated rings. The molecule has 2 atom stereocenters. The lowest BCUT2D eigenvalue weighted by molar-refractivity contribution is -0.144. The predicted octanol–water partition coefficient (Wildman–Crippen LogP) is 0.157. The van der Waals surface area contributed by atoms with Crippen LogP contribution in [0, 0.1) is 11.3 Å². The van der Waals surface area contributed by atoms with E-state index in [2.05, 4.69) is 20.6 Å². The van der Waals surface area contributed by atoms with Gasteiger partial charge < -0.3 is 20.7 Å². The van der Waals surface area contributed by atoms with Gasteiger partial charge in [-0.1, -0.05) is 13.8 Å². The van der Waals surface area contributed by atoms with Gasteiger partial charge in [-0.05, 0) is 18.9 Å². The quantitative estimate of drug-likeness (QED) is 0.598. The van der Waals surface area contributed by atoms with Crippen LogP contribution in [0.5, 0.6) is 0 Å². The molecule has 0 aromatic carbocycles. The van der Waals surface area contributed by atoms with Crippen LogP contribution in [0.25, 0.3) is 0 Å². The molecule has 2 rings (SSSR count). The molecule has 0 saturated carbocycles. The zero-order valence-corrected chi connectivity index (χ0v) is 12.3. The lowest BCUT2D eigenvalue weighted by Gasteiger charge is -2.32. The molecule has 1 amide bonds. The number of rotatable bonds is 6. The molecule has 1 aliphatic heterocycles. The minimum Gasteiger partial charge on any atom is -0.480 e. The Balaban J connectivity index is 2.09. The monoisotopic (exact) mass is 294 g/mol. The molecule has 1 saturated heterocycles. The van der Waals surface area contributed by atoms with Crippen molar-refractivity contribution in [2.75, 3.05) is 13.1 Å².